The first-order valence-corrected chi connectivity index (χ1v) is 13.1. The van der Waals surface area contributed by atoms with E-state index in [1.54, 1.807) is 24.3 Å². The van der Waals surface area contributed by atoms with Crippen LogP contribution in [0.5, 0.6) is 0 Å². The average molecular weight is 482 g/mol. The van der Waals surface area contributed by atoms with Crippen molar-refractivity contribution < 1.29 is 22.3 Å². The van der Waals surface area contributed by atoms with Crippen LogP contribution < -0.4 is 10.2 Å². The molecule has 2 aromatic rings. The van der Waals surface area contributed by atoms with E-state index in [0.717, 1.165) is 24.2 Å². The summed E-state index contributed by atoms with van der Waals surface area (Å²) in [4.78, 5) is 15.1. The van der Waals surface area contributed by atoms with E-state index < -0.39 is 15.8 Å². The van der Waals surface area contributed by atoms with Gasteiger partial charge in [-0.2, -0.15) is 4.31 Å². The fourth-order valence-electron chi connectivity index (χ4n) is 4.23. The van der Waals surface area contributed by atoms with Crippen molar-refractivity contribution in [1.29, 1.82) is 0 Å². The van der Waals surface area contributed by atoms with Crippen molar-refractivity contribution in [2.24, 2.45) is 0 Å². The maximum absolute atomic E-state index is 14.7. The summed E-state index contributed by atoms with van der Waals surface area (Å²) in [6.07, 6.45) is 1.81. The third kappa shape index (κ3) is 5.14. The normalized spacial score (nSPS) is 22.3. The second kappa shape index (κ2) is 9.46. The highest BCUT2D eigenvalue weighted by atomic mass is 32.2. The largest absolute Gasteiger partial charge is 0.372 e. The van der Waals surface area contributed by atoms with Gasteiger partial charge in [0.25, 0.3) is 10.0 Å². The van der Waals surface area contributed by atoms with E-state index >= 15 is 0 Å². The second-order valence-electron chi connectivity index (χ2n) is 8.39. The zero-order valence-electron chi connectivity index (χ0n) is 18.2. The molecule has 0 bridgehead atoms. The number of nitrogens with one attached hydrogen (secondary N) is 1. The first kappa shape index (κ1) is 23.2. The second-order valence-corrected chi connectivity index (χ2v) is 11.7. The van der Waals surface area contributed by atoms with Gasteiger partial charge in [-0.1, -0.05) is 0 Å². The van der Waals surface area contributed by atoms with Gasteiger partial charge in [0.2, 0.25) is 5.91 Å². The standard InChI is InChI=1S/C22H28FN3O4S2/c1-15-13-25(14-16(2)30-15)20-7-5-17(11-19(20)23)24-21(27)12-18-6-8-22(31-18)32(28,29)26-9-3-4-10-26/h5-8,11,15-16H,3-4,9-10,12-14H2,1-2H3,(H,24,27). The van der Waals surface area contributed by atoms with Crippen LogP contribution in [0.1, 0.15) is 31.6 Å². The SMILES string of the molecule is CC1CN(c2ccc(NC(=O)Cc3ccc(S(=O)(=O)N4CCCC4)s3)cc2F)CC(C)O1. The molecule has 0 aliphatic carbocycles. The van der Waals surface area contributed by atoms with Crippen LogP contribution in [-0.4, -0.2) is 57.0 Å². The molecule has 2 fully saturated rings. The molecule has 3 heterocycles. The Balaban J connectivity index is 1.38. The summed E-state index contributed by atoms with van der Waals surface area (Å²) < 4.78 is 47.5. The smallest absolute Gasteiger partial charge is 0.252 e. The number of ether oxygens (including phenoxy) is 1. The summed E-state index contributed by atoms with van der Waals surface area (Å²) >= 11 is 1.11. The summed E-state index contributed by atoms with van der Waals surface area (Å²) in [7, 11) is -3.48. The molecule has 2 atom stereocenters. The Morgan fingerprint density at radius 2 is 1.84 bits per heavy atom. The Morgan fingerprint density at radius 3 is 2.50 bits per heavy atom. The van der Waals surface area contributed by atoms with Crippen LogP contribution in [0.2, 0.25) is 0 Å². The minimum atomic E-state index is -3.48. The molecule has 4 rings (SSSR count). The molecule has 7 nitrogen and oxygen atoms in total. The first-order valence-electron chi connectivity index (χ1n) is 10.8. The summed E-state index contributed by atoms with van der Waals surface area (Å²) in [6.45, 7) is 6.21. The number of hydrogen-bond donors (Lipinski definition) is 1. The molecule has 10 heteroatoms. The predicted molar refractivity (Wildman–Crippen MR) is 123 cm³/mol. The van der Waals surface area contributed by atoms with Gasteiger partial charge in [-0.15, -0.1) is 11.3 Å². The van der Waals surface area contributed by atoms with Gasteiger partial charge in [-0.25, -0.2) is 12.8 Å². The van der Waals surface area contributed by atoms with Gasteiger partial charge < -0.3 is 15.0 Å². The third-order valence-corrected chi connectivity index (χ3v) is 9.07. The van der Waals surface area contributed by atoms with Crippen molar-refractivity contribution in [3.63, 3.8) is 0 Å². The highest BCUT2D eigenvalue weighted by molar-refractivity contribution is 7.91. The lowest BCUT2D eigenvalue weighted by Crippen LogP contribution is -2.45. The van der Waals surface area contributed by atoms with Crippen LogP contribution in [0.3, 0.4) is 0 Å². The van der Waals surface area contributed by atoms with Crippen LogP contribution in [0, 0.1) is 5.82 Å². The molecular formula is C22H28FN3O4S2. The number of sulfonamides is 1. The van der Waals surface area contributed by atoms with E-state index in [-0.39, 0.29) is 28.7 Å². The Hall–Kier alpha value is -2.01. The molecule has 0 radical (unpaired) electrons. The van der Waals surface area contributed by atoms with E-state index in [2.05, 4.69) is 5.32 Å². The zero-order valence-corrected chi connectivity index (χ0v) is 19.8. The molecule has 2 aliphatic heterocycles. The molecule has 0 spiro atoms. The van der Waals surface area contributed by atoms with E-state index in [0.29, 0.717) is 42.4 Å². The predicted octanol–water partition coefficient (Wildman–Crippen LogP) is 3.47. The molecule has 32 heavy (non-hydrogen) atoms. The van der Waals surface area contributed by atoms with Crippen LogP contribution in [0.4, 0.5) is 15.8 Å². The number of halogens is 1. The minimum Gasteiger partial charge on any atom is -0.372 e. The van der Waals surface area contributed by atoms with Crippen molar-refractivity contribution in [3.05, 3.63) is 41.0 Å². The van der Waals surface area contributed by atoms with Crippen LogP contribution in [0.15, 0.2) is 34.5 Å². The van der Waals surface area contributed by atoms with Gasteiger partial charge in [0.15, 0.2) is 0 Å². The number of thiophene rings is 1. The van der Waals surface area contributed by atoms with Crippen molar-refractivity contribution in [3.8, 4) is 0 Å². The molecule has 2 saturated heterocycles. The van der Waals surface area contributed by atoms with Crippen molar-refractivity contribution in [2.75, 3.05) is 36.4 Å². The molecule has 2 aliphatic rings. The van der Waals surface area contributed by atoms with Gasteiger partial charge in [-0.05, 0) is 57.0 Å². The summed E-state index contributed by atoms with van der Waals surface area (Å²) in [5, 5.41) is 2.71. The number of carbonyl (C=O) groups is 1. The summed E-state index contributed by atoms with van der Waals surface area (Å²) in [6, 6.07) is 7.88. The number of rotatable bonds is 6. The Bertz CT molecular complexity index is 1070. The molecule has 1 aromatic carbocycles. The number of carbonyl (C=O) groups excluding carboxylic acids is 1. The van der Waals surface area contributed by atoms with Gasteiger partial charge in [-0.3, -0.25) is 4.79 Å². The minimum absolute atomic E-state index is 0.0162. The number of morpholine rings is 1. The first-order chi connectivity index (χ1) is 15.2. The lowest BCUT2D eigenvalue weighted by atomic mass is 10.1. The quantitative estimate of drug-likeness (QED) is 0.684. The molecule has 1 aromatic heterocycles. The third-order valence-electron chi connectivity index (χ3n) is 5.62. The Morgan fingerprint density at radius 1 is 1.16 bits per heavy atom. The van der Waals surface area contributed by atoms with Crippen LogP contribution in [0.25, 0.3) is 0 Å². The molecule has 2 unspecified atom stereocenters. The van der Waals surface area contributed by atoms with E-state index in [1.165, 1.54) is 10.4 Å². The highest BCUT2D eigenvalue weighted by Gasteiger charge is 2.29. The Labute approximate surface area is 192 Å². The van der Waals surface area contributed by atoms with E-state index in [1.807, 2.05) is 18.7 Å². The summed E-state index contributed by atoms with van der Waals surface area (Å²) in [5.74, 6) is -0.725. The fourth-order valence-corrected chi connectivity index (χ4v) is 7.25. The molecule has 1 amide bonds. The van der Waals surface area contributed by atoms with E-state index in [4.69, 9.17) is 4.74 Å². The van der Waals surface area contributed by atoms with Crippen LogP contribution >= 0.6 is 11.3 Å². The maximum Gasteiger partial charge on any atom is 0.252 e. The molecule has 174 valence electrons. The van der Waals surface area contributed by atoms with Gasteiger partial charge >= 0.3 is 0 Å². The Kier molecular flexibility index (Phi) is 6.85. The number of nitrogens with zero attached hydrogens (tertiary/aromatic N) is 2. The average Bonchev–Trinajstić information content (AvgIpc) is 3.40. The topological polar surface area (TPSA) is 79.0 Å². The van der Waals surface area contributed by atoms with Gasteiger partial charge in [0.05, 0.1) is 24.3 Å². The number of amides is 1. The molecular weight excluding hydrogens is 453 g/mol. The number of hydrogen-bond acceptors (Lipinski definition) is 6. The summed E-state index contributed by atoms with van der Waals surface area (Å²) in [5.41, 5.74) is 0.854. The lowest BCUT2D eigenvalue weighted by molar-refractivity contribution is -0.115. The monoisotopic (exact) mass is 481 g/mol. The molecule has 0 saturated carbocycles. The van der Waals surface area contributed by atoms with Crippen molar-refractivity contribution in [2.45, 2.75) is 49.5 Å². The lowest BCUT2D eigenvalue weighted by Gasteiger charge is -2.37. The van der Waals surface area contributed by atoms with E-state index in [9.17, 15) is 17.6 Å². The van der Waals surface area contributed by atoms with Gasteiger partial charge in [0, 0.05) is 36.7 Å². The van der Waals surface area contributed by atoms with Crippen LogP contribution in [-0.2, 0) is 26.0 Å². The number of anilines is 2. The van der Waals surface area contributed by atoms with Crippen molar-refractivity contribution >= 4 is 38.6 Å². The van der Waals surface area contributed by atoms with Gasteiger partial charge in [0.1, 0.15) is 10.0 Å². The van der Waals surface area contributed by atoms with Crippen molar-refractivity contribution in [1.82, 2.24) is 4.31 Å². The molecule has 1 N–H and O–H groups in total. The zero-order chi connectivity index (χ0) is 22.9. The fraction of sp³-hybridized carbons (Fsp3) is 0.500. The number of benzene rings is 1. The maximum atomic E-state index is 14.7. The highest BCUT2D eigenvalue weighted by Crippen LogP contribution is 2.29.